The predicted octanol–water partition coefficient (Wildman–Crippen LogP) is 4.73. The summed E-state index contributed by atoms with van der Waals surface area (Å²) in [6.07, 6.45) is 2.90. The maximum absolute atomic E-state index is 13.2. The lowest BCUT2D eigenvalue weighted by molar-refractivity contribution is -0.384. The molecule has 0 spiro atoms. The average Bonchev–Trinajstić information content (AvgIpc) is 3.33. The Morgan fingerprint density at radius 3 is 2.65 bits per heavy atom. The third kappa shape index (κ3) is 3.76. The number of hydrogen-bond acceptors (Lipinski definition) is 5. The van der Waals surface area contributed by atoms with Crippen LogP contribution in [0, 0.1) is 10.1 Å². The smallest absolute Gasteiger partial charge is 0.273 e. The molecule has 1 N–H and O–H groups in total. The van der Waals surface area contributed by atoms with Crippen LogP contribution in [0.1, 0.15) is 53.8 Å². The van der Waals surface area contributed by atoms with E-state index in [0.29, 0.717) is 23.5 Å². The third-order valence-electron chi connectivity index (χ3n) is 5.63. The Morgan fingerprint density at radius 1 is 1.19 bits per heavy atom. The fraction of sp³-hybridized carbons (Fsp3) is 0.304. The quantitative estimate of drug-likeness (QED) is 0.322. The maximum atomic E-state index is 13.2. The molecule has 1 aliphatic rings. The predicted molar refractivity (Wildman–Crippen MR) is 116 cm³/mol. The highest BCUT2D eigenvalue weighted by Gasteiger charge is 2.42. The van der Waals surface area contributed by atoms with Crippen LogP contribution < -0.4 is 4.74 Å². The first-order chi connectivity index (χ1) is 15.0. The van der Waals surface area contributed by atoms with Crippen molar-refractivity contribution >= 4 is 11.6 Å². The van der Waals surface area contributed by atoms with E-state index in [1.54, 1.807) is 24.1 Å². The minimum absolute atomic E-state index is 0.00130. The van der Waals surface area contributed by atoms with Crippen molar-refractivity contribution in [3.63, 3.8) is 0 Å². The molecule has 0 radical (unpaired) electrons. The first-order valence-electron chi connectivity index (χ1n) is 10.3. The van der Waals surface area contributed by atoms with Gasteiger partial charge in [-0.2, -0.15) is 5.10 Å². The zero-order valence-corrected chi connectivity index (χ0v) is 17.5. The molecule has 31 heavy (non-hydrogen) atoms. The number of ether oxygens (including phenoxy) is 1. The minimum Gasteiger partial charge on any atom is -0.497 e. The fourth-order valence-corrected chi connectivity index (χ4v) is 4.08. The summed E-state index contributed by atoms with van der Waals surface area (Å²) in [6.45, 7) is 2.68. The number of H-pyrrole nitrogens is 1. The SMILES string of the molecule is CCCCCN1C(=O)c2[nH]nc(-c3ccc(OC)cc3)c2C1c1cccc([N+](=O)[O-])c1. The molecule has 2 aromatic carbocycles. The summed E-state index contributed by atoms with van der Waals surface area (Å²) in [7, 11) is 1.60. The van der Waals surface area contributed by atoms with Crippen LogP contribution in [0.25, 0.3) is 11.3 Å². The van der Waals surface area contributed by atoms with Crippen LogP contribution in [-0.2, 0) is 0 Å². The van der Waals surface area contributed by atoms with E-state index in [-0.39, 0.29) is 11.6 Å². The number of hydrogen-bond donors (Lipinski definition) is 1. The minimum atomic E-state index is -0.435. The number of aromatic nitrogens is 2. The van der Waals surface area contributed by atoms with Gasteiger partial charge in [-0.15, -0.1) is 0 Å². The van der Waals surface area contributed by atoms with Gasteiger partial charge in [0.15, 0.2) is 0 Å². The van der Waals surface area contributed by atoms with Crippen LogP contribution in [0.5, 0.6) is 5.75 Å². The topological polar surface area (TPSA) is 101 Å². The Morgan fingerprint density at radius 2 is 1.97 bits per heavy atom. The van der Waals surface area contributed by atoms with Gasteiger partial charge in [-0.3, -0.25) is 20.0 Å². The number of carbonyl (C=O) groups is 1. The van der Waals surface area contributed by atoms with Crippen molar-refractivity contribution in [2.45, 2.75) is 32.2 Å². The Labute approximate surface area is 180 Å². The average molecular weight is 420 g/mol. The second-order valence-electron chi connectivity index (χ2n) is 7.55. The number of rotatable bonds is 8. The van der Waals surface area contributed by atoms with E-state index in [4.69, 9.17) is 4.74 Å². The number of non-ortho nitro benzene ring substituents is 1. The number of benzene rings is 2. The van der Waals surface area contributed by atoms with Gasteiger partial charge in [0.25, 0.3) is 11.6 Å². The van der Waals surface area contributed by atoms with Gasteiger partial charge in [0.2, 0.25) is 0 Å². The maximum Gasteiger partial charge on any atom is 0.273 e. The molecule has 1 aromatic heterocycles. The Bertz CT molecular complexity index is 1110. The van der Waals surface area contributed by atoms with Gasteiger partial charge in [-0.1, -0.05) is 31.9 Å². The molecule has 8 nitrogen and oxygen atoms in total. The van der Waals surface area contributed by atoms with Crippen LogP contribution >= 0.6 is 0 Å². The number of nitrogens with zero attached hydrogens (tertiary/aromatic N) is 3. The van der Waals surface area contributed by atoms with Gasteiger partial charge in [0.1, 0.15) is 11.4 Å². The molecule has 2 heterocycles. The lowest BCUT2D eigenvalue weighted by Gasteiger charge is -2.26. The summed E-state index contributed by atoms with van der Waals surface area (Å²) in [6, 6.07) is 13.5. The highest BCUT2D eigenvalue weighted by Crippen LogP contribution is 2.43. The molecule has 4 rings (SSSR count). The van der Waals surface area contributed by atoms with E-state index in [1.807, 2.05) is 30.3 Å². The molecule has 1 aliphatic heterocycles. The number of fused-ring (bicyclic) bond motifs is 1. The van der Waals surface area contributed by atoms with E-state index < -0.39 is 11.0 Å². The fourth-order valence-electron chi connectivity index (χ4n) is 4.08. The number of unbranched alkanes of at least 4 members (excludes halogenated alkanes) is 2. The number of amides is 1. The third-order valence-corrected chi connectivity index (χ3v) is 5.63. The Kier molecular flexibility index (Phi) is 5.70. The van der Waals surface area contributed by atoms with Crippen LogP contribution in [0.15, 0.2) is 48.5 Å². The highest BCUT2D eigenvalue weighted by molar-refractivity contribution is 6.00. The molecule has 0 bridgehead atoms. The van der Waals surface area contributed by atoms with Crippen LogP contribution in [-0.4, -0.2) is 39.6 Å². The van der Waals surface area contributed by atoms with E-state index in [2.05, 4.69) is 17.1 Å². The molecule has 1 amide bonds. The molecule has 1 atom stereocenters. The molecule has 0 aliphatic carbocycles. The monoisotopic (exact) mass is 420 g/mol. The normalized spacial score (nSPS) is 15.2. The van der Waals surface area contributed by atoms with Crippen molar-refractivity contribution in [3.8, 4) is 17.0 Å². The Balaban J connectivity index is 1.82. The summed E-state index contributed by atoms with van der Waals surface area (Å²) in [4.78, 5) is 26.0. The summed E-state index contributed by atoms with van der Waals surface area (Å²) in [5.74, 6) is 0.596. The first kappa shape index (κ1) is 20.6. The molecule has 0 saturated heterocycles. The van der Waals surface area contributed by atoms with Gasteiger partial charge in [-0.05, 0) is 36.2 Å². The Hall–Kier alpha value is -3.68. The number of nitro benzene ring substituents is 1. The van der Waals surface area contributed by atoms with E-state index in [0.717, 1.165) is 36.1 Å². The van der Waals surface area contributed by atoms with Crippen molar-refractivity contribution in [2.75, 3.05) is 13.7 Å². The number of carbonyl (C=O) groups excluding carboxylic acids is 1. The molecule has 3 aromatic rings. The molecule has 1 unspecified atom stereocenters. The summed E-state index contributed by atoms with van der Waals surface area (Å²) < 4.78 is 5.24. The van der Waals surface area contributed by atoms with Gasteiger partial charge in [0, 0.05) is 29.8 Å². The number of methoxy groups -OCH3 is 1. The summed E-state index contributed by atoms with van der Waals surface area (Å²) in [5, 5.41) is 18.7. The molecular weight excluding hydrogens is 396 g/mol. The van der Waals surface area contributed by atoms with Crippen molar-refractivity contribution < 1.29 is 14.5 Å². The zero-order chi connectivity index (χ0) is 22.0. The number of aromatic amines is 1. The van der Waals surface area contributed by atoms with Crippen molar-refractivity contribution in [2.24, 2.45) is 0 Å². The van der Waals surface area contributed by atoms with E-state index >= 15 is 0 Å². The molecule has 160 valence electrons. The van der Waals surface area contributed by atoms with Crippen LogP contribution in [0.3, 0.4) is 0 Å². The van der Waals surface area contributed by atoms with E-state index in [9.17, 15) is 14.9 Å². The zero-order valence-electron chi connectivity index (χ0n) is 17.5. The molecule has 8 heteroatoms. The summed E-state index contributed by atoms with van der Waals surface area (Å²) >= 11 is 0. The number of nitrogens with one attached hydrogen (secondary N) is 1. The molecule has 0 fully saturated rings. The van der Waals surface area contributed by atoms with Crippen LogP contribution in [0.2, 0.25) is 0 Å². The first-order valence-corrected chi connectivity index (χ1v) is 10.3. The lowest BCUT2D eigenvalue weighted by Crippen LogP contribution is -2.30. The highest BCUT2D eigenvalue weighted by atomic mass is 16.6. The second kappa shape index (κ2) is 8.59. The molecular formula is C23H24N4O4. The molecule has 0 saturated carbocycles. The second-order valence-corrected chi connectivity index (χ2v) is 7.55. The number of nitro groups is 1. The van der Waals surface area contributed by atoms with Crippen molar-refractivity contribution in [1.29, 1.82) is 0 Å². The standard InChI is InChI=1S/C23H24N4O4/c1-3-4-5-13-26-22(16-7-6-8-17(14-16)27(29)30)19-20(24-25-21(19)23(26)28)15-9-11-18(31-2)12-10-15/h6-12,14,22H,3-5,13H2,1-2H3,(H,24,25). The van der Waals surface area contributed by atoms with Gasteiger partial charge in [-0.25, -0.2) is 0 Å². The van der Waals surface area contributed by atoms with E-state index in [1.165, 1.54) is 6.07 Å². The lowest BCUT2D eigenvalue weighted by atomic mass is 9.95. The van der Waals surface area contributed by atoms with Gasteiger partial charge >= 0.3 is 0 Å². The summed E-state index contributed by atoms with van der Waals surface area (Å²) in [5.41, 5.74) is 3.42. The van der Waals surface area contributed by atoms with Gasteiger partial charge < -0.3 is 9.64 Å². The van der Waals surface area contributed by atoms with Crippen molar-refractivity contribution in [3.05, 3.63) is 75.5 Å². The van der Waals surface area contributed by atoms with Crippen molar-refractivity contribution in [1.82, 2.24) is 15.1 Å². The largest absolute Gasteiger partial charge is 0.497 e. The van der Waals surface area contributed by atoms with Gasteiger partial charge in [0.05, 0.1) is 23.8 Å². The van der Waals surface area contributed by atoms with Crippen LogP contribution in [0.4, 0.5) is 5.69 Å².